The van der Waals surface area contributed by atoms with Gasteiger partial charge in [0.25, 0.3) is 11.8 Å². The van der Waals surface area contributed by atoms with E-state index in [2.05, 4.69) is 5.32 Å². The molecule has 0 spiro atoms. The molecule has 1 aliphatic rings. The summed E-state index contributed by atoms with van der Waals surface area (Å²) in [7, 11) is -0.159. The summed E-state index contributed by atoms with van der Waals surface area (Å²) in [5.74, 6) is -1.28. The number of hydrogen-bond donors (Lipinski definition) is 1. The number of likely N-dealkylation sites (N-methyl/N-ethyl adjacent to an activating group) is 1. The number of methoxy groups -OCH3 is 1. The van der Waals surface area contributed by atoms with E-state index >= 15 is 0 Å². The Balaban J connectivity index is 1.75. The minimum atomic E-state index is -3.11. The maximum atomic E-state index is 12.0. The summed E-state index contributed by atoms with van der Waals surface area (Å²) in [6, 6.07) is 6.01. The number of esters is 1. The van der Waals surface area contributed by atoms with Gasteiger partial charge in [-0.2, -0.15) is 0 Å². The molecule has 2 amide bonds. The Labute approximate surface area is 157 Å². The highest BCUT2D eigenvalue weighted by molar-refractivity contribution is 7.91. The summed E-state index contributed by atoms with van der Waals surface area (Å²) in [4.78, 5) is 37.0. The van der Waals surface area contributed by atoms with Gasteiger partial charge in [-0.15, -0.1) is 0 Å². The molecule has 2 rings (SSSR count). The maximum Gasteiger partial charge on any atom is 0.325 e. The van der Waals surface area contributed by atoms with E-state index in [0.29, 0.717) is 17.7 Å². The van der Waals surface area contributed by atoms with Gasteiger partial charge < -0.3 is 19.7 Å². The van der Waals surface area contributed by atoms with E-state index in [0.717, 1.165) is 0 Å². The van der Waals surface area contributed by atoms with Gasteiger partial charge in [0.05, 0.1) is 18.6 Å². The second kappa shape index (κ2) is 8.85. The molecule has 0 aromatic heterocycles. The van der Waals surface area contributed by atoms with Gasteiger partial charge in [0.2, 0.25) is 0 Å². The second-order valence-electron chi connectivity index (χ2n) is 6.14. The first-order valence-electron chi connectivity index (χ1n) is 8.26. The van der Waals surface area contributed by atoms with Gasteiger partial charge in [0.15, 0.2) is 16.4 Å². The van der Waals surface area contributed by atoms with Crippen LogP contribution >= 0.6 is 0 Å². The lowest BCUT2D eigenvalue weighted by Crippen LogP contribution is -2.41. The van der Waals surface area contributed by atoms with Gasteiger partial charge in [-0.1, -0.05) is 6.07 Å². The lowest BCUT2D eigenvalue weighted by molar-refractivity contribution is -0.151. The number of carbonyl (C=O) groups excluding carboxylic acids is 3. The molecule has 1 aliphatic heterocycles. The van der Waals surface area contributed by atoms with Crippen molar-refractivity contribution in [1.29, 1.82) is 0 Å². The zero-order chi connectivity index (χ0) is 20.0. The van der Waals surface area contributed by atoms with E-state index in [1.807, 2.05) is 0 Å². The number of benzene rings is 1. The Hall–Kier alpha value is -2.62. The highest BCUT2D eigenvalue weighted by atomic mass is 32.2. The average Bonchev–Trinajstić information content (AvgIpc) is 3.03. The monoisotopic (exact) mass is 398 g/mol. The summed E-state index contributed by atoms with van der Waals surface area (Å²) in [6.45, 7) is -0.911. The number of amides is 2. The quantitative estimate of drug-likeness (QED) is 0.622. The van der Waals surface area contributed by atoms with Crippen molar-refractivity contribution in [2.24, 2.45) is 0 Å². The molecule has 0 bridgehead atoms. The molecule has 1 heterocycles. The number of nitrogens with one attached hydrogen (secondary N) is 1. The topological polar surface area (TPSA) is 119 Å². The first-order valence-corrected chi connectivity index (χ1v) is 10.1. The van der Waals surface area contributed by atoms with Gasteiger partial charge in [0, 0.05) is 18.7 Å². The molecule has 1 N–H and O–H groups in total. The Morgan fingerprint density at radius 2 is 2.04 bits per heavy atom. The standard InChI is InChI=1S/C17H22N2O7S/c1-19(13-6-7-27(23,24)11-13)15(20)10-26-16(21)9-18-17(22)12-4-3-5-14(8-12)25-2/h3-5,8,13H,6-7,9-11H2,1-2H3,(H,18,22)/t13-/m0/s1. The van der Waals surface area contributed by atoms with Crippen molar-refractivity contribution in [3.05, 3.63) is 29.8 Å². The first kappa shape index (κ1) is 20.7. The number of rotatable bonds is 7. The van der Waals surface area contributed by atoms with E-state index < -0.39 is 46.8 Å². The van der Waals surface area contributed by atoms with Crippen LogP contribution in [0.2, 0.25) is 0 Å². The lowest BCUT2D eigenvalue weighted by Gasteiger charge is -2.23. The minimum Gasteiger partial charge on any atom is -0.497 e. The van der Waals surface area contributed by atoms with E-state index in [1.54, 1.807) is 18.2 Å². The van der Waals surface area contributed by atoms with Crippen molar-refractivity contribution in [2.75, 3.05) is 38.8 Å². The number of nitrogens with zero attached hydrogens (tertiary/aromatic N) is 1. The number of carbonyl (C=O) groups is 3. The van der Waals surface area contributed by atoms with Crippen molar-refractivity contribution in [2.45, 2.75) is 12.5 Å². The predicted molar refractivity (Wildman–Crippen MR) is 96.1 cm³/mol. The summed E-state index contributed by atoms with van der Waals surface area (Å²) in [5, 5.41) is 2.40. The fourth-order valence-electron chi connectivity index (χ4n) is 2.60. The molecule has 148 valence electrons. The predicted octanol–water partition coefficient (Wildman–Crippen LogP) is -0.386. The van der Waals surface area contributed by atoms with Gasteiger partial charge in [-0.3, -0.25) is 14.4 Å². The average molecular weight is 398 g/mol. The smallest absolute Gasteiger partial charge is 0.325 e. The lowest BCUT2D eigenvalue weighted by atomic mass is 10.2. The van der Waals surface area contributed by atoms with E-state index in [-0.39, 0.29) is 11.5 Å². The van der Waals surface area contributed by atoms with Crippen molar-refractivity contribution >= 4 is 27.6 Å². The largest absolute Gasteiger partial charge is 0.497 e. The SMILES string of the molecule is COc1cccc(C(=O)NCC(=O)OCC(=O)N(C)[C@H]2CCS(=O)(=O)C2)c1. The van der Waals surface area contributed by atoms with Gasteiger partial charge in [-0.05, 0) is 24.6 Å². The fraction of sp³-hybridized carbons (Fsp3) is 0.471. The van der Waals surface area contributed by atoms with Crippen LogP contribution in [0.4, 0.5) is 0 Å². The number of hydrogen-bond acceptors (Lipinski definition) is 7. The van der Waals surface area contributed by atoms with Crippen molar-refractivity contribution in [1.82, 2.24) is 10.2 Å². The summed E-state index contributed by atoms with van der Waals surface area (Å²) in [5.41, 5.74) is 0.320. The molecule has 0 aliphatic carbocycles. The van der Waals surface area contributed by atoms with Gasteiger partial charge >= 0.3 is 5.97 Å². The summed E-state index contributed by atoms with van der Waals surface area (Å²) < 4.78 is 32.8. The van der Waals surface area contributed by atoms with Crippen LogP contribution in [0.3, 0.4) is 0 Å². The molecule has 9 nitrogen and oxygen atoms in total. The summed E-state index contributed by atoms with van der Waals surface area (Å²) in [6.07, 6.45) is 0.370. The van der Waals surface area contributed by atoms with Crippen molar-refractivity contribution in [3.8, 4) is 5.75 Å². The second-order valence-corrected chi connectivity index (χ2v) is 8.37. The van der Waals surface area contributed by atoms with Crippen LogP contribution in [0.5, 0.6) is 5.75 Å². The zero-order valence-electron chi connectivity index (χ0n) is 15.1. The van der Waals surface area contributed by atoms with E-state index in [1.165, 1.54) is 25.1 Å². The van der Waals surface area contributed by atoms with E-state index in [4.69, 9.17) is 9.47 Å². The Kier molecular flexibility index (Phi) is 6.78. The molecule has 1 fully saturated rings. The number of ether oxygens (including phenoxy) is 2. The zero-order valence-corrected chi connectivity index (χ0v) is 16.0. The fourth-order valence-corrected chi connectivity index (χ4v) is 4.37. The highest BCUT2D eigenvalue weighted by Crippen LogP contribution is 2.16. The normalized spacial score (nSPS) is 17.8. The highest BCUT2D eigenvalue weighted by Gasteiger charge is 2.32. The molecular weight excluding hydrogens is 376 g/mol. The van der Waals surface area contributed by atoms with Crippen molar-refractivity contribution in [3.63, 3.8) is 0 Å². The molecule has 1 aromatic rings. The van der Waals surface area contributed by atoms with Gasteiger partial charge in [0.1, 0.15) is 12.3 Å². The third kappa shape index (κ3) is 5.95. The minimum absolute atomic E-state index is 0.0470. The molecule has 0 unspecified atom stereocenters. The van der Waals surface area contributed by atoms with Crippen LogP contribution in [0.25, 0.3) is 0 Å². The van der Waals surface area contributed by atoms with Crippen LogP contribution in [0.15, 0.2) is 24.3 Å². The Morgan fingerprint density at radius 1 is 1.30 bits per heavy atom. The van der Waals surface area contributed by atoms with Crippen LogP contribution < -0.4 is 10.1 Å². The van der Waals surface area contributed by atoms with Crippen LogP contribution in [0.1, 0.15) is 16.8 Å². The Morgan fingerprint density at radius 3 is 2.67 bits per heavy atom. The molecular formula is C17H22N2O7S. The third-order valence-electron chi connectivity index (χ3n) is 4.23. The van der Waals surface area contributed by atoms with Crippen LogP contribution in [0, 0.1) is 0 Å². The third-order valence-corrected chi connectivity index (χ3v) is 5.98. The van der Waals surface area contributed by atoms with Crippen LogP contribution in [-0.2, 0) is 24.2 Å². The first-order chi connectivity index (χ1) is 12.7. The molecule has 0 radical (unpaired) electrons. The number of sulfone groups is 1. The molecule has 1 aromatic carbocycles. The van der Waals surface area contributed by atoms with Gasteiger partial charge in [-0.25, -0.2) is 8.42 Å². The Bertz CT molecular complexity index is 822. The molecule has 27 heavy (non-hydrogen) atoms. The molecule has 0 saturated carbocycles. The molecule has 10 heteroatoms. The van der Waals surface area contributed by atoms with Crippen LogP contribution in [-0.4, -0.2) is 76.0 Å². The van der Waals surface area contributed by atoms with E-state index in [9.17, 15) is 22.8 Å². The van der Waals surface area contributed by atoms with Crippen molar-refractivity contribution < 1.29 is 32.3 Å². The maximum absolute atomic E-state index is 12.0. The molecule has 1 atom stereocenters. The summed E-state index contributed by atoms with van der Waals surface area (Å²) >= 11 is 0. The molecule has 1 saturated heterocycles.